The zero-order valence-electron chi connectivity index (χ0n) is 17.0. The molecule has 2 N–H and O–H groups in total. The molecule has 8 nitrogen and oxygen atoms in total. The van der Waals surface area contributed by atoms with Crippen molar-refractivity contribution in [2.24, 2.45) is 7.05 Å². The predicted molar refractivity (Wildman–Crippen MR) is 116 cm³/mol. The van der Waals surface area contributed by atoms with E-state index < -0.39 is 0 Å². The van der Waals surface area contributed by atoms with Gasteiger partial charge in [-0.2, -0.15) is 4.98 Å². The molecule has 1 aromatic carbocycles. The lowest BCUT2D eigenvalue weighted by molar-refractivity contribution is -0.120. The van der Waals surface area contributed by atoms with Gasteiger partial charge < -0.3 is 15.2 Å². The maximum Gasteiger partial charge on any atom is 0.229 e. The highest BCUT2D eigenvalue weighted by Crippen LogP contribution is 2.23. The summed E-state index contributed by atoms with van der Waals surface area (Å²) in [6.07, 6.45) is 6.51. The number of hydrogen-bond donors (Lipinski definition) is 2. The van der Waals surface area contributed by atoms with Crippen LogP contribution in [-0.4, -0.2) is 37.0 Å². The van der Waals surface area contributed by atoms with Gasteiger partial charge in [0.1, 0.15) is 11.3 Å². The second kappa shape index (κ2) is 8.69. The van der Waals surface area contributed by atoms with Gasteiger partial charge in [-0.3, -0.25) is 9.78 Å². The van der Waals surface area contributed by atoms with Gasteiger partial charge in [0.05, 0.1) is 6.20 Å². The van der Waals surface area contributed by atoms with Gasteiger partial charge in [-0.1, -0.05) is 19.1 Å². The molecule has 8 heteroatoms. The maximum absolute atomic E-state index is 11.3. The minimum absolute atomic E-state index is 0.0723. The number of aryl methyl sites for hydroxylation is 1. The van der Waals surface area contributed by atoms with E-state index in [1.54, 1.807) is 18.6 Å². The first-order valence-electron chi connectivity index (χ1n) is 9.86. The molecular weight excluding hydrogens is 378 g/mol. The van der Waals surface area contributed by atoms with Gasteiger partial charge in [0, 0.05) is 43.7 Å². The van der Waals surface area contributed by atoms with Crippen LogP contribution in [0.2, 0.25) is 0 Å². The Labute approximate surface area is 174 Å². The van der Waals surface area contributed by atoms with Gasteiger partial charge >= 0.3 is 0 Å². The quantitative estimate of drug-likeness (QED) is 0.493. The lowest BCUT2D eigenvalue weighted by atomic mass is 10.1. The second-order valence-corrected chi connectivity index (χ2v) is 6.91. The van der Waals surface area contributed by atoms with Gasteiger partial charge in [0.25, 0.3) is 0 Å². The first-order valence-corrected chi connectivity index (χ1v) is 9.86. The predicted octanol–water partition coefficient (Wildman–Crippen LogP) is 3.24. The number of benzene rings is 1. The van der Waals surface area contributed by atoms with Crippen LogP contribution in [0.4, 0.5) is 11.6 Å². The third kappa shape index (κ3) is 4.27. The topological polar surface area (TPSA) is 97.6 Å². The van der Waals surface area contributed by atoms with E-state index in [4.69, 9.17) is 0 Å². The molecule has 4 aromatic rings. The van der Waals surface area contributed by atoms with Crippen LogP contribution >= 0.6 is 0 Å². The van der Waals surface area contributed by atoms with Crippen molar-refractivity contribution in [3.05, 3.63) is 60.6 Å². The van der Waals surface area contributed by atoms with E-state index in [1.807, 2.05) is 54.9 Å². The Balaban J connectivity index is 1.47. The molecule has 0 fully saturated rings. The van der Waals surface area contributed by atoms with Gasteiger partial charge in [-0.15, -0.1) is 0 Å². The number of anilines is 2. The summed E-state index contributed by atoms with van der Waals surface area (Å²) in [4.78, 5) is 29.0. The summed E-state index contributed by atoms with van der Waals surface area (Å²) in [7, 11) is 1.94. The highest BCUT2D eigenvalue weighted by atomic mass is 16.1. The van der Waals surface area contributed by atoms with Crippen molar-refractivity contribution in [3.63, 3.8) is 0 Å². The van der Waals surface area contributed by atoms with Crippen LogP contribution in [0.25, 0.3) is 22.6 Å². The molecule has 4 rings (SSSR count). The maximum atomic E-state index is 11.3. The molecule has 0 aliphatic heterocycles. The van der Waals surface area contributed by atoms with Crippen molar-refractivity contribution in [2.75, 3.05) is 11.9 Å². The number of aromatic nitrogens is 5. The molecule has 0 aliphatic rings. The molecule has 30 heavy (non-hydrogen) atoms. The summed E-state index contributed by atoms with van der Waals surface area (Å²) in [6, 6.07) is 11.9. The second-order valence-electron chi connectivity index (χ2n) is 6.91. The molecular formula is C22H23N7O. The first-order chi connectivity index (χ1) is 14.6. The van der Waals surface area contributed by atoms with E-state index >= 15 is 0 Å². The molecule has 3 heterocycles. The molecule has 0 bridgehead atoms. The van der Waals surface area contributed by atoms with Gasteiger partial charge in [0.15, 0.2) is 5.65 Å². The van der Waals surface area contributed by atoms with E-state index in [2.05, 4.69) is 30.6 Å². The van der Waals surface area contributed by atoms with Crippen LogP contribution in [0, 0.1) is 0 Å². The Morgan fingerprint density at radius 3 is 2.57 bits per heavy atom. The molecule has 0 unspecified atom stereocenters. The third-order valence-corrected chi connectivity index (χ3v) is 4.82. The van der Waals surface area contributed by atoms with Crippen LogP contribution in [0.1, 0.15) is 18.9 Å². The molecule has 0 atom stereocenters. The van der Waals surface area contributed by atoms with Crippen LogP contribution in [0.15, 0.2) is 55.0 Å². The summed E-state index contributed by atoms with van der Waals surface area (Å²) >= 11 is 0. The smallest absolute Gasteiger partial charge is 0.229 e. The van der Waals surface area contributed by atoms with E-state index in [-0.39, 0.29) is 5.91 Å². The van der Waals surface area contributed by atoms with Crippen LogP contribution < -0.4 is 10.6 Å². The minimum Gasteiger partial charge on any atom is -0.356 e. The van der Waals surface area contributed by atoms with Crippen molar-refractivity contribution in [1.29, 1.82) is 0 Å². The monoisotopic (exact) mass is 401 g/mol. The lowest BCUT2D eigenvalue weighted by Crippen LogP contribution is -2.24. The minimum atomic E-state index is 0.0723. The van der Waals surface area contributed by atoms with Gasteiger partial charge in [-0.05, 0) is 36.2 Å². The summed E-state index contributed by atoms with van der Waals surface area (Å²) in [6.45, 7) is 2.49. The molecule has 3 aromatic heterocycles. The van der Waals surface area contributed by atoms with Crippen molar-refractivity contribution < 1.29 is 4.79 Å². The number of amides is 1. The average molecular weight is 401 g/mol. The third-order valence-electron chi connectivity index (χ3n) is 4.82. The molecule has 0 radical (unpaired) electrons. The van der Waals surface area contributed by atoms with Crippen molar-refractivity contribution in [1.82, 2.24) is 29.8 Å². The number of hydrogen-bond acceptors (Lipinski definition) is 6. The zero-order valence-corrected chi connectivity index (χ0v) is 17.0. The Kier molecular flexibility index (Phi) is 5.65. The number of imidazole rings is 1. The summed E-state index contributed by atoms with van der Waals surface area (Å²) < 4.78 is 1.95. The summed E-state index contributed by atoms with van der Waals surface area (Å²) in [5.41, 5.74) is 4.52. The Morgan fingerprint density at radius 1 is 1.07 bits per heavy atom. The normalized spacial score (nSPS) is 10.9. The number of rotatable bonds is 7. The Morgan fingerprint density at radius 2 is 1.83 bits per heavy atom. The molecule has 0 saturated heterocycles. The van der Waals surface area contributed by atoms with Gasteiger partial charge in [0.2, 0.25) is 11.9 Å². The molecule has 0 spiro atoms. The molecule has 0 aliphatic carbocycles. The van der Waals surface area contributed by atoms with Crippen LogP contribution in [0.5, 0.6) is 0 Å². The molecule has 0 saturated carbocycles. The fourth-order valence-electron chi connectivity index (χ4n) is 3.16. The van der Waals surface area contributed by atoms with Crippen molar-refractivity contribution in [3.8, 4) is 11.4 Å². The summed E-state index contributed by atoms with van der Waals surface area (Å²) in [5, 5.41) is 6.12. The zero-order chi connectivity index (χ0) is 20.9. The summed E-state index contributed by atoms with van der Waals surface area (Å²) in [5.74, 6) is 1.40. The number of carbonyl (C=O) groups excluding carboxylic acids is 1. The Hall–Kier alpha value is -3.81. The highest BCUT2D eigenvalue weighted by Gasteiger charge is 2.12. The van der Waals surface area contributed by atoms with E-state index in [0.29, 0.717) is 18.9 Å². The standard InChI is InChI=1S/C22H23N7O/c1-3-19(30)24-13-8-15-4-6-17(7-5-15)26-22-25-14-18-21(28-22)29(2)20(27-18)16-9-11-23-12-10-16/h4-7,9-12,14H,3,8,13H2,1-2H3,(H,24,30)(H,25,26,28). The van der Waals surface area contributed by atoms with Crippen LogP contribution in [0.3, 0.4) is 0 Å². The number of nitrogens with zero attached hydrogens (tertiary/aromatic N) is 5. The van der Waals surface area contributed by atoms with E-state index in [9.17, 15) is 4.79 Å². The highest BCUT2D eigenvalue weighted by molar-refractivity contribution is 5.77. The molecule has 152 valence electrons. The fraction of sp³-hybridized carbons (Fsp3) is 0.227. The number of nitrogens with one attached hydrogen (secondary N) is 2. The van der Waals surface area contributed by atoms with Gasteiger partial charge in [-0.25, -0.2) is 9.97 Å². The van der Waals surface area contributed by atoms with Crippen LogP contribution in [-0.2, 0) is 18.3 Å². The van der Waals surface area contributed by atoms with Crippen molar-refractivity contribution >= 4 is 28.7 Å². The Bertz CT molecular complexity index is 1150. The average Bonchev–Trinajstić information content (AvgIpc) is 3.11. The molecule has 1 amide bonds. The number of carbonyl (C=O) groups is 1. The lowest BCUT2D eigenvalue weighted by Gasteiger charge is -2.07. The first kappa shape index (κ1) is 19.5. The SMILES string of the molecule is CCC(=O)NCCc1ccc(Nc2ncc3nc(-c4ccncc4)n(C)c3n2)cc1. The largest absolute Gasteiger partial charge is 0.356 e. The number of fused-ring (bicyclic) bond motifs is 1. The fourth-order valence-corrected chi connectivity index (χ4v) is 3.16. The number of pyridine rings is 1. The van der Waals surface area contributed by atoms with Crippen molar-refractivity contribution in [2.45, 2.75) is 19.8 Å². The van der Waals surface area contributed by atoms with E-state index in [0.717, 1.165) is 40.2 Å². The van der Waals surface area contributed by atoms with E-state index in [1.165, 1.54) is 0 Å².